The Balaban J connectivity index is 1.85. The van der Waals surface area contributed by atoms with Crippen LogP contribution in [0, 0.1) is 13.8 Å². The Hall–Kier alpha value is -4.54. The molecule has 0 fully saturated rings. The zero-order chi connectivity index (χ0) is 35.0. The molecule has 0 saturated heterocycles. The molecular formula is C37H42ClN3O6S. The van der Waals surface area contributed by atoms with Crippen LogP contribution in [0.1, 0.15) is 36.1 Å². The smallest absolute Gasteiger partial charge is 0.264 e. The Bertz CT molecular complexity index is 1810. The summed E-state index contributed by atoms with van der Waals surface area (Å²) in [5.74, 6) is -0.327. The number of nitrogens with zero attached hydrogens (tertiary/aromatic N) is 2. The van der Waals surface area contributed by atoms with E-state index < -0.39 is 28.5 Å². The molecule has 48 heavy (non-hydrogen) atoms. The molecule has 11 heteroatoms. The van der Waals surface area contributed by atoms with Gasteiger partial charge in [-0.2, -0.15) is 0 Å². The first-order valence-electron chi connectivity index (χ1n) is 15.5. The monoisotopic (exact) mass is 691 g/mol. The maximum atomic E-state index is 14.7. The molecule has 2 amide bonds. The number of aryl methyl sites for hydroxylation is 2. The SMILES string of the molecule is COc1ccc(S(=O)(=O)N(CC(=O)N(Cc2ccc(Cl)cc2)[C@H](Cc2ccccc2)C(=O)NC(C)C)c2cc(C)cc(C)c2)cc1OC. The van der Waals surface area contributed by atoms with Crippen molar-refractivity contribution >= 4 is 39.1 Å². The zero-order valence-electron chi connectivity index (χ0n) is 28.1. The Morgan fingerprint density at radius 3 is 2.02 bits per heavy atom. The average molecular weight is 692 g/mol. The van der Waals surface area contributed by atoms with Gasteiger partial charge in [0, 0.05) is 30.1 Å². The molecule has 9 nitrogen and oxygen atoms in total. The van der Waals surface area contributed by atoms with Crippen molar-refractivity contribution in [3.63, 3.8) is 0 Å². The summed E-state index contributed by atoms with van der Waals surface area (Å²) in [6, 6.07) is 24.9. The molecule has 0 aliphatic carbocycles. The van der Waals surface area contributed by atoms with E-state index in [0.29, 0.717) is 16.5 Å². The number of hydrogen-bond donors (Lipinski definition) is 1. The fourth-order valence-corrected chi connectivity index (χ4v) is 6.99. The van der Waals surface area contributed by atoms with Crippen molar-refractivity contribution in [3.05, 3.63) is 118 Å². The first kappa shape index (κ1) is 36.3. The molecule has 0 aliphatic heterocycles. The quantitative estimate of drug-likeness (QED) is 0.166. The highest BCUT2D eigenvalue weighted by Gasteiger charge is 2.35. The van der Waals surface area contributed by atoms with Gasteiger partial charge < -0.3 is 19.7 Å². The number of anilines is 1. The number of hydrogen-bond acceptors (Lipinski definition) is 6. The zero-order valence-corrected chi connectivity index (χ0v) is 29.6. The summed E-state index contributed by atoms with van der Waals surface area (Å²) in [6.45, 7) is 6.88. The predicted molar refractivity (Wildman–Crippen MR) is 189 cm³/mol. The predicted octanol–water partition coefficient (Wildman–Crippen LogP) is 6.33. The highest BCUT2D eigenvalue weighted by molar-refractivity contribution is 7.92. The summed E-state index contributed by atoms with van der Waals surface area (Å²) in [7, 11) is -1.46. The van der Waals surface area contributed by atoms with E-state index in [1.165, 1.54) is 37.3 Å². The number of benzene rings is 4. The molecule has 0 aromatic heterocycles. The number of methoxy groups -OCH3 is 2. The normalized spacial score (nSPS) is 11.9. The van der Waals surface area contributed by atoms with Crippen LogP contribution in [0.5, 0.6) is 11.5 Å². The minimum absolute atomic E-state index is 0.0378. The molecule has 4 aromatic carbocycles. The van der Waals surface area contributed by atoms with E-state index in [-0.39, 0.29) is 35.6 Å². The number of sulfonamides is 1. The molecule has 0 heterocycles. The summed E-state index contributed by atoms with van der Waals surface area (Å²) in [4.78, 5) is 29.9. The standard InChI is InChI=1S/C37H42ClN3O6S/c1-25(2)39-37(43)33(21-28-10-8-7-9-11-28)40(23-29-12-14-30(38)15-13-29)36(42)24-41(31-19-26(3)18-27(4)20-31)48(44,45)32-16-17-34(46-5)35(22-32)47-6/h7-20,22,25,33H,21,23-24H2,1-6H3,(H,39,43)/t33-/m1/s1. The van der Waals surface area contributed by atoms with E-state index in [9.17, 15) is 18.0 Å². The molecule has 4 rings (SSSR count). The highest BCUT2D eigenvalue weighted by atomic mass is 35.5. The third-order valence-corrected chi connectivity index (χ3v) is 9.71. The molecule has 0 bridgehead atoms. The van der Waals surface area contributed by atoms with Gasteiger partial charge >= 0.3 is 0 Å². The Morgan fingerprint density at radius 1 is 0.812 bits per heavy atom. The van der Waals surface area contributed by atoms with E-state index in [0.717, 1.165) is 26.6 Å². The van der Waals surface area contributed by atoms with Crippen LogP contribution in [0.2, 0.25) is 5.02 Å². The van der Waals surface area contributed by atoms with Gasteiger partial charge in [-0.1, -0.05) is 60.1 Å². The molecule has 0 radical (unpaired) electrons. The lowest BCUT2D eigenvalue weighted by Crippen LogP contribution is -2.54. The number of carbonyl (C=O) groups is 2. The summed E-state index contributed by atoms with van der Waals surface area (Å²) >= 11 is 6.16. The summed E-state index contributed by atoms with van der Waals surface area (Å²) in [5, 5.41) is 3.49. The first-order valence-corrected chi connectivity index (χ1v) is 17.4. The largest absolute Gasteiger partial charge is 0.493 e. The number of halogens is 1. The second-order valence-corrected chi connectivity index (χ2v) is 14.2. The van der Waals surface area contributed by atoms with Crippen molar-refractivity contribution in [2.75, 3.05) is 25.1 Å². The molecular weight excluding hydrogens is 650 g/mol. The molecule has 4 aromatic rings. The van der Waals surface area contributed by atoms with Gasteiger partial charge in [-0.25, -0.2) is 8.42 Å². The van der Waals surface area contributed by atoms with Gasteiger partial charge in [0.15, 0.2) is 11.5 Å². The van der Waals surface area contributed by atoms with E-state index in [2.05, 4.69) is 5.32 Å². The number of nitrogens with one attached hydrogen (secondary N) is 1. The molecule has 0 aliphatic rings. The molecule has 0 spiro atoms. The second kappa shape index (κ2) is 16.0. The average Bonchev–Trinajstić information content (AvgIpc) is 3.05. The van der Waals surface area contributed by atoms with E-state index in [4.69, 9.17) is 21.1 Å². The third-order valence-electron chi connectivity index (χ3n) is 7.68. The highest BCUT2D eigenvalue weighted by Crippen LogP contribution is 2.33. The molecule has 1 N–H and O–H groups in total. The maximum absolute atomic E-state index is 14.7. The van der Waals surface area contributed by atoms with Crippen LogP contribution in [0.4, 0.5) is 5.69 Å². The van der Waals surface area contributed by atoms with Crippen molar-refractivity contribution in [3.8, 4) is 11.5 Å². The van der Waals surface area contributed by atoms with Crippen LogP contribution >= 0.6 is 11.6 Å². The van der Waals surface area contributed by atoms with Crippen molar-refractivity contribution in [1.29, 1.82) is 0 Å². The molecule has 0 unspecified atom stereocenters. The fourth-order valence-electron chi connectivity index (χ4n) is 5.45. The van der Waals surface area contributed by atoms with Crippen LogP contribution < -0.4 is 19.1 Å². The lowest BCUT2D eigenvalue weighted by molar-refractivity contribution is -0.140. The lowest BCUT2D eigenvalue weighted by Gasteiger charge is -2.34. The number of carbonyl (C=O) groups excluding carboxylic acids is 2. The van der Waals surface area contributed by atoms with Crippen LogP contribution in [0.25, 0.3) is 0 Å². The van der Waals surface area contributed by atoms with Gasteiger partial charge in [0.25, 0.3) is 10.0 Å². The Kier molecular flexibility index (Phi) is 12.1. The third kappa shape index (κ3) is 9.08. The second-order valence-electron chi connectivity index (χ2n) is 11.9. The summed E-state index contributed by atoms with van der Waals surface area (Å²) in [5.41, 5.74) is 3.53. The molecule has 1 atom stereocenters. The van der Waals surface area contributed by atoms with Crippen molar-refractivity contribution in [2.24, 2.45) is 0 Å². The minimum Gasteiger partial charge on any atom is -0.493 e. The Morgan fingerprint density at radius 2 is 1.44 bits per heavy atom. The van der Waals surface area contributed by atoms with Crippen LogP contribution in [-0.4, -0.2) is 58.0 Å². The number of ether oxygens (including phenoxy) is 2. The van der Waals surface area contributed by atoms with Gasteiger partial charge in [-0.3, -0.25) is 13.9 Å². The lowest BCUT2D eigenvalue weighted by atomic mass is 10.0. The topological polar surface area (TPSA) is 105 Å². The van der Waals surface area contributed by atoms with Crippen molar-refractivity contribution in [1.82, 2.24) is 10.2 Å². The van der Waals surface area contributed by atoms with Gasteiger partial charge in [0.1, 0.15) is 12.6 Å². The van der Waals surface area contributed by atoms with Crippen molar-refractivity contribution < 1.29 is 27.5 Å². The van der Waals surface area contributed by atoms with Gasteiger partial charge in [-0.15, -0.1) is 0 Å². The first-order chi connectivity index (χ1) is 22.8. The number of rotatable bonds is 14. The van der Waals surface area contributed by atoms with Gasteiger partial charge in [0.2, 0.25) is 11.8 Å². The maximum Gasteiger partial charge on any atom is 0.264 e. The number of amides is 2. The van der Waals surface area contributed by atoms with Gasteiger partial charge in [-0.05, 0) is 86.3 Å². The fraction of sp³-hybridized carbons (Fsp3) is 0.297. The van der Waals surface area contributed by atoms with Crippen LogP contribution in [0.3, 0.4) is 0 Å². The van der Waals surface area contributed by atoms with E-state index >= 15 is 0 Å². The Labute approximate surface area is 288 Å². The van der Waals surface area contributed by atoms with Crippen LogP contribution in [-0.2, 0) is 32.6 Å². The van der Waals surface area contributed by atoms with E-state index in [1.807, 2.05) is 64.1 Å². The van der Waals surface area contributed by atoms with E-state index in [1.54, 1.807) is 36.4 Å². The van der Waals surface area contributed by atoms with Crippen LogP contribution in [0.15, 0.2) is 95.9 Å². The molecule has 254 valence electrons. The van der Waals surface area contributed by atoms with Crippen molar-refractivity contribution in [2.45, 2.75) is 57.6 Å². The minimum atomic E-state index is -4.34. The van der Waals surface area contributed by atoms with Gasteiger partial charge in [0.05, 0.1) is 24.8 Å². The summed E-state index contributed by atoms with van der Waals surface area (Å²) < 4.78 is 40.8. The summed E-state index contributed by atoms with van der Waals surface area (Å²) in [6.07, 6.45) is 0.213. The molecule has 0 saturated carbocycles.